The summed E-state index contributed by atoms with van der Waals surface area (Å²) in [6.45, 7) is 6.67. The molecule has 1 aliphatic heterocycles. The van der Waals surface area contributed by atoms with Crippen molar-refractivity contribution in [2.24, 2.45) is 0 Å². The molecule has 3 atom stereocenters. The molecule has 0 aromatic rings. The number of hydrogen-bond acceptors (Lipinski definition) is 5. The molecule has 0 bridgehead atoms. The molecule has 1 heterocycles. The number of rotatable bonds is 6. The summed E-state index contributed by atoms with van der Waals surface area (Å²) in [6, 6.07) is 0. The molecule has 1 saturated heterocycles. The minimum absolute atomic E-state index is 0.0212. The first-order chi connectivity index (χ1) is 8.51. The third-order valence-corrected chi connectivity index (χ3v) is 2.74. The number of carbonyl (C=O) groups excluding carboxylic acids is 2. The van der Waals surface area contributed by atoms with Crippen molar-refractivity contribution in [1.82, 2.24) is 0 Å². The van der Waals surface area contributed by atoms with Gasteiger partial charge in [0.1, 0.15) is 12.7 Å². The van der Waals surface area contributed by atoms with Crippen molar-refractivity contribution in [3.8, 4) is 0 Å². The van der Waals surface area contributed by atoms with Gasteiger partial charge in [0, 0.05) is 20.3 Å². The van der Waals surface area contributed by atoms with Gasteiger partial charge in [0.2, 0.25) is 0 Å². The minimum Gasteiger partial charge on any atom is -0.463 e. The number of ether oxygens (including phenoxy) is 3. The average molecular weight is 256 g/mol. The van der Waals surface area contributed by atoms with E-state index in [1.54, 1.807) is 6.08 Å². The van der Waals surface area contributed by atoms with Crippen LogP contribution in [0.5, 0.6) is 0 Å². The maximum Gasteiger partial charge on any atom is 0.303 e. The molecule has 5 heteroatoms. The van der Waals surface area contributed by atoms with Crippen LogP contribution in [-0.2, 0) is 23.8 Å². The molecular formula is C13H20O5. The van der Waals surface area contributed by atoms with Crippen LogP contribution in [-0.4, -0.2) is 36.9 Å². The van der Waals surface area contributed by atoms with Gasteiger partial charge in [-0.1, -0.05) is 12.7 Å². The van der Waals surface area contributed by atoms with E-state index >= 15 is 0 Å². The van der Waals surface area contributed by atoms with E-state index in [0.717, 1.165) is 12.8 Å². The first-order valence-electron chi connectivity index (χ1n) is 6.10. The highest BCUT2D eigenvalue weighted by molar-refractivity contribution is 5.66. The molecular weight excluding hydrogens is 236 g/mol. The summed E-state index contributed by atoms with van der Waals surface area (Å²) in [4.78, 5) is 21.5. The number of carbonyl (C=O) groups is 2. The predicted molar refractivity (Wildman–Crippen MR) is 64.9 cm³/mol. The van der Waals surface area contributed by atoms with Crippen LogP contribution in [0.4, 0.5) is 0 Å². The second-order valence-corrected chi connectivity index (χ2v) is 4.38. The molecule has 102 valence electrons. The smallest absolute Gasteiger partial charge is 0.303 e. The van der Waals surface area contributed by atoms with Gasteiger partial charge in [-0.05, 0) is 12.8 Å². The molecule has 0 saturated carbocycles. The fraction of sp³-hybridized carbons (Fsp3) is 0.692. The highest BCUT2D eigenvalue weighted by atomic mass is 16.6. The lowest BCUT2D eigenvalue weighted by atomic mass is 10.1. The van der Waals surface area contributed by atoms with Crippen molar-refractivity contribution in [2.45, 2.75) is 51.4 Å². The molecule has 0 unspecified atom stereocenters. The Morgan fingerprint density at radius 2 is 2.00 bits per heavy atom. The van der Waals surface area contributed by atoms with Crippen molar-refractivity contribution in [2.75, 3.05) is 6.61 Å². The maximum atomic E-state index is 10.9. The van der Waals surface area contributed by atoms with Gasteiger partial charge in [0.15, 0.2) is 0 Å². The molecule has 1 aliphatic rings. The Labute approximate surface area is 107 Å². The molecule has 0 spiro atoms. The van der Waals surface area contributed by atoms with Crippen LogP contribution in [0.25, 0.3) is 0 Å². The second-order valence-electron chi connectivity index (χ2n) is 4.38. The molecule has 0 aliphatic carbocycles. The van der Waals surface area contributed by atoms with E-state index in [1.807, 2.05) is 0 Å². The summed E-state index contributed by atoms with van der Waals surface area (Å²) in [7, 11) is 0. The summed E-state index contributed by atoms with van der Waals surface area (Å²) in [5.74, 6) is -0.625. The van der Waals surface area contributed by atoms with Gasteiger partial charge in [0.05, 0.1) is 12.2 Å². The molecule has 5 nitrogen and oxygen atoms in total. The van der Waals surface area contributed by atoms with Gasteiger partial charge in [-0.25, -0.2) is 0 Å². The second kappa shape index (κ2) is 7.16. The lowest BCUT2D eigenvalue weighted by Gasteiger charge is -2.18. The van der Waals surface area contributed by atoms with Gasteiger partial charge in [-0.2, -0.15) is 0 Å². The normalized spacial score (nSPS) is 24.3. The van der Waals surface area contributed by atoms with Crippen LogP contribution in [0, 0.1) is 0 Å². The molecule has 0 aromatic carbocycles. The Hall–Kier alpha value is -1.36. The van der Waals surface area contributed by atoms with Crippen molar-refractivity contribution in [1.29, 1.82) is 0 Å². The van der Waals surface area contributed by atoms with E-state index in [9.17, 15) is 9.59 Å². The first kappa shape index (κ1) is 14.7. The Bertz CT molecular complexity index is 313. The molecule has 0 amide bonds. The molecule has 1 rings (SSSR count). The Balaban J connectivity index is 2.30. The molecule has 0 aromatic heterocycles. The van der Waals surface area contributed by atoms with Crippen LogP contribution in [0.3, 0.4) is 0 Å². The highest BCUT2D eigenvalue weighted by Crippen LogP contribution is 2.24. The zero-order valence-electron chi connectivity index (χ0n) is 10.9. The van der Waals surface area contributed by atoms with E-state index in [2.05, 4.69) is 6.58 Å². The Morgan fingerprint density at radius 1 is 1.33 bits per heavy atom. The third-order valence-electron chi connectivity index (χ3n) is 2.74. The molecule has 1 fully saturated rings. The molecule has 0 radical (unpaired) electrons. The predicted octanol–water partition coefficient (Wildman–Crippen LogP) is 1.60. The van der Waals surface area contributed by atoms with E-state index in [0.29, 0.717) is 6.42 Å². The van der Waals surface area contributed by atoms with Crippen molar-refractivity contribution >= 4 is 11.9 Å². The standard InChI is InChI=1S/C13H20O5/c1-4-11(17-10(3)15)7-12-5-6-13(18-12)8-16-9(2)14/h4,11-13H,1,5-8H2,2-3H3/t11-,12-,13-/m1/s1. The summed E-state index contributed by atoms with van der Waals surface area (Å²) in [5.41, 5.74) is 0. The summed E-state index contributed by atoms with van der Waals surface area (Å²) >= 11 is 0. The van der Waals surface area contributed by atoms with Gasteiger partial charge in [-0.3, -0.25) is 9.59 Å². The van der Waals surface area contributed by atoms with Gasteiger partial charge >= 0.3 is 11.9 Å². The van der Waals surface area contributed by atoms with Gasteiger partial charge in [-0.15, -0.1) is 0 Å². The fourth-order valence-electron chi connectivity index (χ4n) is 1.95. The zero-order valence-corrected chi connectivity index (χ0v) is 10.9. The quantitative estimate of drug-likeness (QED) is 0.533. The topological polar surface area (TPSA) is 61.8 Å². The molecule has 18 heavy (non-hydrogen) atoms. The Morgan fingerprint density at radius 3 is 2.56 bits per heavy atom. The average Bonchev–Trinajstić information content (AvgIpc) is 2.72. The lowest BCUT2D eigenvalue weighted by molar-refractivity contribution is -0.148. The van der Waals surface area contributed by atoms with Crippen LogP contribution in [0.2, 0.25) is 0 Å². The van der Waals surface area contributed by atoms with Crippen LogP contribution in [0.15, 0.2) is 12.7 Å². The van der Waals surface area contributed by atoms with E-state index in [4.69, 9.17) is 14.2 Å². The minimum atomic E-state index is -0.325. The van der Waals surface area contributed by atoms with E-state index in [-0.39, 0.29) is 36.9 Å². The first-order valence-corrected chi connectivity index (χ1v) is 6.10. The van der Waals surface area contributed by atoms with Crippen LogP contribution < -0.4 is 0 Å². The van der Waals surface area contributed by atoms with Crippen molar-refractivity contribution in [3.05, 3.63) is 12.7 Å². The highest BCUT2D eigenvalue weighted by Gasteiger charge is 2.28. The fourth-order valence-corrected chi connectivity index (χ4v) is 1.95. The Kier molecular flexibility index (Phi) is 5.85. The van der Waals surface area contributed by atoms with E-state index in [1.165, 1.54) is 13.8 Å². The number of hydrogen-bond donors (Lipinski definition) is 0. The van der Waals surface area contributed by atoms with Crippen LogP contribution in [0.1, 0.15) is 33.1 Å². The largest absolute Gasteiger partial charge is 0.463 e. The zero-order chi connectivity index (χ0) is 13.5. The van der Waals surface area contributed by atoms with Gasteiger partial charge < -0.3 is 14.2 Å². The molecule has 0 N–H and O–H groups in total. The van der Waals surface area contributed by atoms with Crippen molar-refractivity contribution in [3.63, 3.8) is 0 Å². The van der Waals surface area contributed by atoms with Crippen LogP contribution >= 0.6 is 0 Å². The SMILES string of the molecule is C=C[C@H](C[C@H]1CC[C@H](COC(C)=O)O1)OC(C)=O. The van der Waals surface area contributed by atoms with Gasteiger partial charge in [0.25, 0.3) is 0 Å². The summed E-state index contributed by atoms with van der Waals surface area (Å²) < 4.78 is 15.7. The number of esters is 2. The summed E-state index contributed by atoms with van der Waals surface area (Å²) in [5, 5.41) is 0. The van der Waals surface area contributed by atoms with E-state index < -0.39 is 0 Å². The maximum absolute atomic E-state index is 10.9. The summed E-state index contributed by atoms with van der Waals surface area (Å²) in [6.07, 6.45) is 3.57. The third kappa shape index (κ3) is 5.31. The monoisotopic (exact) mass is 256 g/mol. The lowest BCUT2D eigenvalue weighted by Crippen LogP contribution is -2.23. The van der Waals surface area contributed by atoms with Crippen molar-refractivity contribution < 1.29 is 23.8 Å².